The van der Waals surface area contributed by atoms with Gasteiger partial charge in [0.1, 0.15) is 5.75 Å². The predicted molar refractivity (Wildman–Crippen MR) is 80.9 cm³/mol. The first kappa shape index (κ1) is 14.4. The average Bonchev–Trinajstić information content (AvgIpc) is 2.48. The summed E-state index contributed by atoms with van der Waals surface area (Å²) in [7, 11) is 0. The molecule has 2 nitrogen and oxygen atoms in total. The Kier molecular flexibility index (Phi) is 5.32. The van der Waals surface area contributed by atoms with Crippen LogP contribution >= 0.6 is 11.8 Å². The highest BCUT2D eigenvalue weighted by Crippen LogP contribution is 2.33. The smallest absolute Gasteiger partial charge is 0.324 e. The number of carbonyl (C=O) groups excluding carboxylic acids is 1. The molecule has 2 rings (SSSR count). The Morgan fingerprint density at radius 2 is 1.84 bits per heavy atom. The molecule has 1 aliphatic rings. The van der Waals surface area contributed by atoms with Gasteiger partial charge in [-0.15, -0.1) is 0 Å². The van der Waals surface area contributed by atoms with Gasteiger partial charge in [0.2, 0.25) is 0 Å². The number of hydrogen-bond acceptors (Lipinski definition) is 3. The third kappa shape index (κ3) is 4.00. The van der Waals surface area contributed by atoms with Gasteiger partial charge in [-0.1, -0.05) is 31.4 Å². The maximum Gasteiger partial charge on any atom is 0.324 e. The van der Waals surface area contributed by atoms with E-state index in [-0.39, 0.29) is 11.2 Å². The number of esters is 1. The Labute approximate surface area is 119 Å². The molecule has 1 fully saturated rings. The Hall–Kier alpha value is -0.960. The second-order valence-corrected chi connectivity index (χ2v) is 6.38. The Bertz CT molecular complexity index is 407. The summed E-state index contributed by atoms with van der Waals surface area (Å²) in [5.74, 6) is 1.19. The molecule has 0 saturated heterocycles. The van der Waals surface area contributed by atoms with Crippen LogP contribution in [0.4, 0.5) is 0 Å². The lowest BCUT2D eigenvalue weighted by atomic mass is 9.84. The average molecular weight is 278 g/mol. The van der Waals surface area contributed by atoms with Gasteiger partial charge < -0.3 is 4.74 Å². The highest BCUT2D eigenvalue weighted by molar-refractivity contribution is 7.99. The van der Waals surface area contributed by atoms with Crippen LogP contribution in [0.3, 0.4) is 0 Å². The number of rotatable bonds is 4. The first-order chi connectivity index (χ1) is 9.20. The van der Waals surface area contributed by atoms with E-state index < -0.39 is 0 Å². The van der Waals surface area contributed by atoms with Crippen molar-refractivity contribution >= 4 is 17.7 Å². The van der Waals surface area contributed by atoms with Crippen LogP contribution in [-0.4, -0.2) is 17.5 Å². The van der Waals surface area contributed by atoms with Crippen molar-refractivity contribution in [2.75, 3.05) is 6.26 Å². The Morgan fingerprint density at radius 1 is 1.21 bits per heavy atom. The van der Waals surface area contributed by atoms with Crippen LogP contribution in [0.15, 0.2) is 24.3 Å². The molecule has 0 N–H and O–H groups in total. The minimum absolute atomic E-state index is 0.113. The Balaban J connectivity index is 1.96. The predicted octanol–water partition coefficient (Wildman–Crippen LogP) is 4.39. The van der Waals surface area contributed by atoms with Crippen LogP contribution in [-0.2, 0) is 4.79 Å². The lowest BCUT2D eigenvalue weighted by Gasteiger charge is -2.22. The first-order valence-electron chi connectivity index (χ1n) is 7.05. The van der Waals surface area contributed by atoms with Crippen molar-refractivity contribution in [3.05, 3.63) is 29.8 Å². The van der Waals surface area contributed by atoms with Gasteiger partial charge in [-0.05, 0) is 49.6 Å². The van der Waals surface area contributed by atoms with Crippen molar-refractivity contribution in [1.29, 1.82) is 0 Å². The highest BCUT2D eigenvalue weighted by atomic mass is 32.2. The van der Waals surface area contributed by atoms with Gasteiger partial charge in [-0.25, -0.2) is 0 Å². The van der Waals surface area contributed by atoms with Gasteiger partial charge in [0, 0.05) is 0 Å². The summed E-state index contributed by atoms with van der Waals surface area (Å²) in [5, 5.41) is -0.113. The lowest BCUT2D eigenvalue weighted by molar-refractivity contribution is -0.133. The van der Waals surface area contributed by atoms with Crippen LogP contribution in [0.5, 0.6) is 5.75 Å². The molecule has 19 heavy (non-hydrogen) atoms. The summed E-state index contributed by atoms with van der Waals surface area (Å²) < 4.78 is 5.35. The zero-order valence-corrected chi connectivity index (χ0v) is 12.5. The van der Waals surface area contributed by atoms with E-state index in [1.54, 1.807) is 0 Å². The lowest BCUT2D eigenvalue weighted by Crippen LogP contribution is -2.19. The fourth-order valence-electron chi connectivity index (χ4n) is 2.54. The third-order valence-corrected chi connectivity index (χ3v) is 4.76. The summed E-state index contributed by atoms with van der Waals surface area (Å²) >= 11 is 1.50. The molecular formula is C16H22O2S. The van der Waals surface area contributed by atoms with Gasteiger partial charge in [0.05, 0.1) is 5.25 Å². The first-order valence-corrected chi connectivity index (χ1v) is 8.34. The molecule has 0 amide bonds. The SMILES string of the molecule is CSC(C)C(=O)Oc1ccc(C2CCCCC2)cc1. The van der Waals surface area contributed by atoms with Crippen LogP contribution < -0.4 is 4.74 Å². The fourth-order valence-corrected chi connectivity index (χ4v) is 2.78. The summed E-state index contributed by atoms with van der Waals surface area (Å²) in [5.41, 5.74) is 1.39. The van der Waals surface area contributed by atoms with Crippen LogP contribution in [0.2, 0.25) is 0 Å². The minimum atomic E-state index is -0.169. The Morgan fingerprint density at radius 3 is 2.42 bits per heavy atom. The molecule has 1 aromatic carbocycles. The van der Waals surface area contributed by atoms with Crippen molar-refractivity contribution in [2.24, 2.45) is 0 Å². The van der Waals surface area contributed by atoms with E-state index in [0.717, 1.165) is 0 Å². The molecule has 1 aromatic rings. The molecule has 1 saturated carbocycles. The molecule has 0 aliphatic heterocycles. The number of hydrogen-bond donors (Lipinski definition) is 0. The van der Waals surface area contributed by atoms with E-state index in [0.29, 0.717) is 11.7 Å². The van der Waals surface area contributed by atoms with E-state index in [4.69, 9.17) is 4.74 Å². The summed E-state index contributed by atoms with van der Waals surface area (Å²) in [6.07, 6.45) is 8.56. The number of carbonyl (C=O) groups is 1. The normalized spacial score (nSPS) is 18.0. The summed E-state index contributed by atoms with van der Waals surface area (Å²) in [4.78, 5) is 11.7. The van der Waals surface area contributed by atoms with Crippen LogP contribution in [0.25, 0.3) is 0 Å². The quantitative estimate of drug-likeness (QED) is 0.603. The highest BCUT2D eigenvalue weighted by Gasteiger charge is 2.16. The second kappa shape index (κ2) is 6.99. The molecular weight excluding hydrogens is 256 g/mol. The van der Waals surface area contributed by atoms with Gasteiger partial charge >= 0.3 is 5.97 Å². The number of ether oxygens (including phenoxy) is 1. The van der Waals surface area contributed by atoms with Gasteiger partial charge in [0.25, 0.3) is 0 Å². The van der Waals surface area contributed by atoms with Gasteiger partial charge in [-0.2, -0.15) is 11.8 Å². The molecule has 0 spiro atoms. The van der Waals surface area contributed by atoms with Crippen molar-refractivity contribution in [3.63, 3.8) is 0 Å². The maximum absolute atomic E-state index is 11.7. The molecule has 1 aliphatic carbocycles. The molecule has 0 aromatic heterocycles. The molecule has 1 atom stereocenters. The molecule has 0 radical (unpaired) electrons. The van der Waals surface area contributed by atoms with Crippen molar-refractivity contribution < 1.29 is 9.53 Å². The van der Waals surface area contributed by atoms with Crippen molar-refractivity contribution in [1.82, 2.24) is 0 Å². The van der Waals surface area contributed by atoms with E-state index in [1.807, 2.05) is 25.3 Å². The van der Waals surface area contributed by atoms with Gasteiger partial charge in [-0.3, -0.25) is 4.79 Å². The largest absolute Gasteiger partial charge is 0.426 e. The third-order valence-electron chi connectivity index (χ3n) is 3.86. The zero-order chi connectivity index (χ0) is 13.7. The zero-order valence-electron chi connectivity index (χ0n) is 11.7. The monoisotopic (exact) mass is 278 g/mol. The van der Waals surface area contributed by atoms with Crippen molar-refractivity contribution in [3.8, 4) is 5.75 Å². The van der Waals surface area contributed by atoms with Crippen molar-refractivity contribution in [2.45, 2.75) is 50.2 Å². The topological polar surface area (TPSA) is 26.3 Å². The van der Waals surface area contributed by atoms with E-state index in [9.17, 15) is 4.79 Å². The number of benzene rings is 1. The van der Waals surface area contributed by atoms with Crippen LogP contribution in [0.1, 0.15) is 50.5 Å². The van der Waals surface area contributed by atoms with Crippen LogP contribution in [0, 0.1) is 0 Å². The molecule has 3 heteroatoms. The van der Waals surface area contributed by atoms with E-state index in [2.05, 4.69) is 12.1 Å². The maximum atomic E-state index is 11.7. The fraction of sp³-hybridized carbons (Fsp3) is 0.562. The molecule has 0 bridgehead atoms. The molecule has 0 heterocycles. The standard InChI is InChI=1S/C16H22O2S/c1-12(19-2)16(17)18-15-10-8-14(9-11-15)13-6-4-3-5-7-13/h8-13H,3-7H2,1-2H3. The van der Waals surface area contributed by atoms with Gasteiger partial charge in [0.15, 0.2) is 0 Å². The molecule has 104 valence electrons. The second-order valence-electron chi connectivity index (χ2n) is 5.20. The minimum Gasteiger partial charge on any atom is -0.426 e. The summed E-state index contributed by atoms with van der Waals surface area (Å²) in [6, 6.07) is 8.08. The van der Waals surface area contributed by atoms with E-state index >= 15 is 0 Å². The van der Waals surface area contributed by atoms with E-state index in [1.165, 1.54) is 49.4 Å². The summed E-state index contributed by atoms with van der Waals surface area (Å²) in [6.45, 7) is 1.86. The number of thioether (sulfide) groups is 1. The molecule has 1 unspecified atom stereocenters.